The minimum Gasteiger partial charge on any atom is -0.448 e. The molecule has 16 heavy (non-hydrogen) atoms. The number of hydrogen-bond donors (Lipinski definition) is 2. The summed E-state index contributed by atoms with van der Waals surface area (Å²) in [6.45, 7) is -0.0131. The molecule has 1 heterocycles. The largest absolute Gasteiger partial charge is 0.448 e. The SMILES string of the molecule is NC(=O)c1ccc2nc(OCCO)oc2c1. The predicted octanol–water partition coefficient (Wildman–Crippen LogP) is 0.298. The molecule has 6 heteroatoms. The van der Waals surface area contributed by atoms with Crippen LogP contribution in [0.3, 0.4) is 0 Å². The van der Waals surface area contributed by atoms with Gasteiger partial charge in [-0.25, -0.2) is 0 Å². The fraction of sp³-hybridized carbons (Fsp3) is 0.200. The smallest absolute Gasteiger partial charge is 0.394 e. The van der Waals surface area contributed by atoms with Gasteiger partial charge >= 0.3 is 6.08 Å². The van der Waals surface area contributed by atoms with Gasteiger partial charge in [0.1, 0.15) is 12.1 Å². The highest BCUT2D eigenvalue weighted by molar-refractivity contribution is 5.95. The van der Waals surface area contributed by atoms with Crippen molar-refractivity contribution in [1.29, 1.82) is 0 Å². The van der Waals surface area contributed by atoms with E-state index in [0.29, 0.717) is 16.7 Å². The van der Waals surface area contributed by atoms with Gasteiger partial charge in [0.15, 0.2) is 5.58 Å². The maximum Gasteiger partial charge on any atom is 0.394 e. The van der Waals surface area contributed by atoms with E-state index in [1.165, 1.54) is 6.07 Å². The lowest BCUT2D eigenvalue weighted by Crippen LogP contribution is -2.10. The van der Waals surface area contributed by atoms with E-state index in [9.17, 15) is 4.79 Å². The van der Waals surface area contributed by atoms with Crippen molar-refractivity contribution in [3.8, 4) is 6.08 Å². The summed E-state index contributed by atoms with van der Waals surface area (Å²) >= 11 is 0. The predicted molar refractivity (Wildman–Crippen MR) is 55.1 cm³/mol. The molecule has 0 fully saturated rings. The number of aromatic nitrogens is 1. The summed E-state index contributed by atoms with van der Waals surface area (Å²) in [6, 6.07) is 4.67. The van der Waals surface area contributed by atoms with Gasteiger partial charge in [-0.15, -0.1) is 0 Å². The van der Waals surface area contributed by atoms with E-state index in [0.717, 1.165) is 0 Å². The Kier molecular flexibility index (Phi) is 2.74. The van der Waals surface area contributed by atoms with Crippen molar-refractivity contribution in [3.05, 3.63) is 23.8 Å². The fourth-order valence-electron chi connectivity index (χ4n) is 1.25. The fourth-order valence-corrected chi connectivity index (χ4v) is 1.25. The van der Waals surface area contributed by atoms with Gasteiger partial charge in [0.05, 0.1) is 6.61 Å². The molecule has 0 bridgehead atoms. The molecule has 2 aromatic rings. The first kappa shape index (κ1) is 10.4. The van der Waals surface area contributed by atoms with Crippen molar-refractivity contribution in [2.45, 2.75) is 0 Å². The molecule has 3 N–H and O–H groups in total. The first-order chi connectivity index (χ1) is 7.70. The molecule has 0 aliphatic heterocycles. The quantitative estimate of drug-likeness (QED) is 0.775. The van der Waals surface area contributed by atoms with Crippen molar-refractivity contribution >= 4 is 17.0 Å². The first-order valence-corrected chi connectivity index (χ1v) is 4.65. The van der Waals surface area contributed by atoms with Gasteiger partial charge in [-0.2, -0.15) is 4.98 Å². The molecule has 0 unspecified atom stereocenters. The van der Waals surface area contributed by atoms with Gasteiger partial charge in [0.2, 0.25) is 5.91 Å². The zero-order chi connectivity index (χ0) is 11.5. The number of carbonyl (C=O) groups excluding carboxylic acids is 1. The summed E-state index contributed by atoms with van der Waals surface area (Å²) < 4.78 is 10.2. The number of fused-ring (bicyclic) bond motifs is 1. The highest BCUT2D eigenvalue weighted by Gasteiger charge is 2.09. The van der Waals surface area contributed by atoms with Crippen molar-refractivity contribution in [2.24, 2.45) is 5.73 Å². The van der Waals surface area contributed by atoms with Gasteiger partial charge in [-0.05, 0) is 18.2 Å². The van der Waals surface area contributed by atoms with Crippen LogP contribution in [0.5, 0.6) is 6.08 Å². The van der Waals surface area contributed by atoms with Gasteiger partial charge in [-0.3, -0.25) is 4.79 Å². The molecule has 1 aromatic carbocycles. The summed E-state index contributed by atoms with van der Waals surface area (Å²) in [5, 5.41) is 8.56. The molecule has 0 radical (unpaired) electrons. The van der Waals surface area contributed by atoms with E-state index < -0.39 is 5.91 Å². The summed E-state index contributed by atoms with van der Waals surface area (Å²) in [4.78, 5) is 14.9. The standard InChI is InChI=1S/C10H10N2O4/c11-9(14)6-1-2-7-8(5-6)16-10(12-7)15-4-3-13/h1-2,5,13H,3-4H2,(H2,11,14). The zero-order valence-electron chi connectivity index (χ0n) is 8.34. The van der Waals surface area contributed by atoms with Gasteiger partial charge < -0.3 is 20.0 Å². The van der Waals surface area contributed by atoms with Gasteiger partial charge in [0, 0.05) is 5.56 Å². The second-order valence-electron chi connectivity index (χ2n) is 3.10. The second-order valence-corrected chi connectivity index (χ2v) is 3.10. The van der Waals surface area contributed by atoms with E-state index in [1.54, 1.807) is 12.1 Å². The van der Waals surface area contributed by atoms with Crippen molar-refractivity contribution in [3.63, 3.8) is 0 Å². The third-order valence-corrected chi connectivity index (χ3v) is 1.97. The average Bonchev–Trinajstić information content (AvgIpc) is 2.67. The Morgan fingerprint density at radius 3 is 3.06 bits per heavy atom. The average molecular weight is 222 g/mol. The molecule has 0 saturated carbocycles. The molecule has 1 aromatic heterocycles. The van der Waals surface area contributed by atoms with Crippen LogP contribution < -0.4 is 10.5 Å². The van der Waals surface area contributed by atoms with Crippen LogP contribution >= 0.6 is 0 Å². The number of aliphatic hydroxyl groups excluding tert-OH is 1. The molecular formula is C10H10N2O4. The number of ether oxygens (including phenoxy) is 1. The van der Waals surface area contributed by atoms with E-state index in [-0.39, 0.29) is 19.3 Å². The molecule has 2 rings (SSSR count). The number of aliphatic hydroxyl groups is 1. The molecule has 1 amide bonds. The number of carbonyl (C=O) groups is 1. The van der Waals surface area contributed by atoms with Crippen LogP contribution in [0.1, 0.15) is 10.4 Å². The Morgan fingerprint density at radius 2 is 2.38 bits per heavy atom. The number of amides is 1. The Hall–Kier alpha value is -2.08. The summed E-state index contributed by atoms with van der Waals surface area (Å²) in [5.74, 6) is -0.531. The van der Waals surface area contributed by atoms with Crippen LogP contribution in [0.15, 0.2) is 22.6 Å². The first-order valence-electron chi connectivity index (χ1n) is 4.65. The van der Waals surface area contributed by atoms with Gasteiger partial charge in [0.25, 0.3) is 0 Å². The van der Waals surface area contributed by atoms with Crippen LogP contribution in [0.25, 0.3) is 11.1 Å². The third kappa shape index (κ3) is 1.96. The molecule has 0 atom stereocenters. The zero-order valence-corrected chi connectivity index (χ0v) is 8.34. The van der Waals surface area contributed by atoms with Crippen molar-refractivity contribution in [1.82, 2.24) is 4.98 Å². The van der Waals surface area contributed by atoms with Gasteiger partial charge in [-0.1, -0.05) is 0 Å². The van der Waals surface area contributed by atoms with E-state index >= 15 is 0 Å². The Labute approximate surface area is 90.6 Å². The molecule has 84 valence electrons. The number of primary amides is 1. The molecule has 0 aliphatic rings. The Bertz CT molecular complexity index is 521. The summed E-state index contributed by atoms with van der Waals surface area (Å²) in [6.07, 6.45) is 0.0608. The van der Waals surface area contributed by atoms with Crippen LogP contribution in [-0.4, -0.2) is 29.2 Å². The van der Waals surface area contributed by atoms with Crippen molar-refractivity contribution in [2.75, 3.05) is 13.2 Å². The molecule has 0 aliphatic carbocycles. The van der Waals surface area contributed by atoms with E-state index in [4.69, 9.17) is 20.0 Å². The summed E-state index contributed by atoms with van der Waals surface area (Å²) in [5.41, 5.74) is 6.46. The lowest BCUT2D eigenvalue weighted by atomic mass is 10.2. The number of hydrogen-bond acceptors (Lipinski definition) is 5. The second kappa shape index (κ2) is 4.19. The van der Waals surface area contributed by atoms with Crippen LogP contribution in [-0.2, 0) is 0 Å². The number of nitrogens with zero attached hydrogens (tertiary/aromatic N) is 1. The minimum absolute atomic E-state index is 0.0608. The lowest BCUT2D eigenvalue weighted by Gasteiger charge is -1.94. The monoisotopic (exact) mass is 222 g/mol. The van der Waals surface area contributed by atoms with Crippen molar-refractivity contribution < 1.29 is 19.1 Å². The maximum atomic E-state index is 10.9. The molecule has 0 saturated heterocycles. The summed E-state index contributed by atoms with van der Waals surface area (Å²) in [7, 11) is 0. The normalized spacial score (nSPS) is 10.6. The molecular weight excluding hydrogens is 212 g/mol. The topological polar surface area (TPSA) is 98.6 Å². The van der Waals surface area contributed by atoms with Crippen LogP contribution in [0.4, 0.5) is 0 Å². The molecule has 6 nitrogen and oxygen atoms in total. The highest BCUT2D eigenvalue weighted by Crippen LogP contribution is 2.21. The van der Waals surface area contributed by atoms with Crippen LogP contribution in [0, 0.1) is 0 Å². The van der Waals surface area contributed by atoms with E-state index in [2.05, 4.69) is 4.98 Å². The number of oxazole rings is 1. The Morgan fingerprint density at radius 1 is 1.56 bits per heavy atom. The number of rotatable bonds is 4. The lowest BCUT2D eigenvalue weighted by molar-refractivity contribution is 0.1000. The molecule has 0 spiro atoms. The number of benzene rings is 1. The third-order valence-electron chi connectivity index (χ3n) is 1.97. The minimum atomic E-state index is -0.531. The Balaban J connectivity index is 2.34. The van der Waals surface area contributed by atoms with Crippen LogP contribution in [0.2, 0.25) is 0 Å². The maximum absolute atomic E-state index is 10.9. The highest BCUT2D eigenvalue weighted by atomic mass is 16.6. The van der Waals surface area contributed by atoms with E-state index in [1.807, 2.05) is 0 Å². The number of nitrogens with two attached hydrogens (primary N) is 1.